The molecule has 2 aromatic rings. The Hall–Kier alpha value is -2.50. The molecule has 1 aliphatic heterocycles. The number of ether oxygens (including phenoxy) is 1. The van der Waals surface area contributed by atoms with Crippen LogP contribution in [0.25, 0.3) is 0 Å². The molecule has 2 atom stereocenters. The largest absolute Gasteiger partial charge is 0.573 e. The van der Waals surface area contributed by atoms with Crippen LogP contribution < -0.4 is 9.64 Å². The quantitative estimate of drug-likeness (QED) is 0.757. The van der Waals surface area contributed by atoms with Crippen LogP contribution in [0.5, 0.6) is 5.75 Å². The fourth-order valence-corrected chi connectivity index (χ4v) is 4.17. The Bertz CT molecular complexity index is 817. The molecule has 0 N–H and O–H groups in total. The molecule has 1 fully saturated rings. The minimum absolute atomic E-state index is 0.156. The summed E-state index contributed by atoms with van der Waals surface area (Å²) < 4.78 is 40.8. The van der Waals surface area contributed by atoms with Gasteiger partial charge in [-0.1, -0.05) is 24.6 Å². The summed E-state index contributed by atoms with van der Waals surface area (Å²) in [6.07, 6.45) is -0.621. The van der Waals surface area contributed by atoms with Crippen molar-refractivity contribution in [3.05, 3.63) is 59.7 Å². The number of rotatable bonds is 2. The molecule has 2 unspecified atom stereocenters. The average molecular weight is 361 g/mol. The number of alkyl halides is 3. The first-order valence-electron chi connectivity index (χ1n) is 8.70. The first-order valence-corrected chi connectivity index (χ1v) is 8.70. The van der Waals surface area contributed by atoms with Gasteiger partial charge in [0, 0.05) is 17.3 Å². The molecule has 1 saturated carbocycles. The van der Waals surface area contributed by atoms with E-state index in [9.17, 15) is 18.0 Å². The lowest BCUT2D eigenvalue weighted by Gasteiger charge is -2.39. The molecule has 3 nitrogen and oxygen atoms in total. The molecule has 1 heterocycles. The molecular formula is C20H18F3NO2. The van der Waals surface area contributed by atoms with E-state index >= 15 is 0 Å². The van der Waals surface area contributed by atoms with E-state index in [1.165, 1.54) is 24.3 Å². The molecule has 2 aliphatic rings. The monoisotopic (exact) mass is 361 g/mol. The summed E-state index contributed by atoms with van der Waals surface area (Å²) in [6, 6.07) is 13.2. The highest BCUT2D eigenvalue weighted by molar-refractivity contribution is 6.07. The van der Waals surface area contributed by atoms with Gasteiger partial charge < -0.3 is 9.64 Å². The predicted molar refractivity (Wildman–Crippen MR) is 91.2 cm³/mol. The van der Waals surface area contributed by atoms with Gasteiger partial charge in [-0.25, -0.2) is 0 Å². The highest BCUT2D eigenvalue weighted by Crippen LogP contribution is 2.42. The number of nitrogens with zero attached hydrogens (tertiary/aromatic N) is 1. The van der Waals surface area contributed by atoms with E-state index in [1.54, 1.807) is 0 Å². The molecule has 0 bridgehead atoms. The molecule has 1 aliphatic carbocycles. The molecule has 0 aromatic heterocycles. The maximum Gasteiger partial charge on any atom is 0.573 e. The van der Waals surface area contributed by atoms with Crippen LogP contribution in [0.15, 0.2) is 48.5 Å². The summed E-state index contributed by atoms with van der Waals surface area (Å²) in [4.78, 5) is 15.0. The zero-order valence-electron chi connectivity index (χ0n) is 14.0. The molecule has 0 radical (unpaired) electrons. The van der Waals surface area contributed by atoms with Crippen LogP contribution in [0.1, 0.15) is 35.2 Å². The summed E-state index contributed by atoms with van der Waals surface area (Å²) in [7, 11) is 0. The number of halogens is 3. The Labute approximate surface area is 149 Å². The lowest BCUT2D eigenvalue weighted by Crippen LogP contribution is -2.46. The molecule has 136 valence electrons. The van der Waals surface area contributed by atoms with E-state index in [0.29, 0.717) is 11.5 Å². The van der Waals surface area contributed by atoms with Crippen LogP contribution in [0.3, 0.4) is 0 Å². The van der Waals surface area contributed by atoms with Gasteiger partial charge in [-0.3, -0.25) is 4.79 Å². The van der Waals surface area contributed by atoms with Gasteiger partial charge in [-0.2, -0.15) is 0 Å². The van der Waals surface area contributed by atoms with Gasteiger partial charge >= 0.3 is 6.36 Å². The van der Waals surface area contributed by atoms with Gasteiger partial charge in [0.2, 0.25) is 0 Å². The Balaban J connectivity index is 1.64. The normalized spacial score (nSPS) is 21.9. The molecule has 0 spiro atoms. The summed E-state index contributed by atoms with van der Waals surface area (Å²) >= 11 is 0. The number of hydrogen-bond donors (Lipinski definition) is 0. The first kappa shape index (κ1) is 16.9. The van der Waals surface area contributed by atoms with Crippen LogP contribution in [-0.4, -0.2) is 18.3 Å². The highest BCUT2D eigenvalue weighted by atomic mass is 19.4. The fraction of sp³-hybridized carbons (Fsp3) is 0.350. The van der Waals surface area contributed by atoms with E-state index in [4.69, 9.17) is 0 Å². The predicted octanol–water partition coefficient (Wildman–Crippen LogP) is 4.96. The van der Waals surface area contributed by atoms with Crippen molar-refractivity contribution < 1.29 is 22.7 Å². The van der Waals surface area contributed by atoms with Gasteiger partial charge in [0.1, 0.15) is 5.75 Å². The zero-order valence-corrected chi connectivity index (χ0v) is 14.0. The highest BCUT2D eigenvalue weighted by Gasteiger charge is 2.40. The minimum atomic E-state index is -4.74. The average Bonchev–Trinajstić information content (AvgIpc) is 3.06. The van der Waals surface area contributed by atoms with E-state index in [2.05, 4.69) is 4.74 Å². The third-order valence-electron chi connectivity index (χ3n) is 5.24. The molecule has 1 amide bonds. The number of benzene rings is 2. The second-order valence-corrected chi connectivity index (χ2v) is 6.84. The van der Waals surface area contributed by atoms with E-state index in [1.807, 2.05) is 29.2 Å². The van der Waals surface area contributed by atoms with Gasteiger partial charge in [0.05, 0.1) is 0 Å². The molecule has 6 heteroatoms. The third-order valence-corrected chi connectivity index (χ3v) is 5.24. The van der Waals surface area contributed by atoms with Crippen molar-refractivity contribution in [1.82, 2.24) is 0 Å². The van der Waals surface area contributed by atoms with Gasteiger partial charge in [-0.05, 0) is 61.1 Å². The number of amides is 1. The Morgan fingerprint density at radius 3 is 2.50 bits per heavy atom. The number of fused-ring (bicyclic) bond motifs is 2. The topological polar surface area (TPSA) is 29.5 Å². The van der Waals surface area contributed by atoms with Crippen LogP contribution in [0.4, 0.5) is 18.9 Å². The second kappa shape index (κ2) is 6.34. The lowest BCUT2D eigenvalue weighted by molar-refractivity contribution is -0.274. The van der Waals surface area contributed by atoms with Crippen LogP contribution >= 0.6 is 0 Å². The Kier molecular flexibility index (Phi) is 4.13. The summed E-state index contributed by atoms with van der Waals surface area (Å²) in [5, 5.41) is 0. The SMILES string of the molecule is O=C(c1ccc(OC(F)(F)F)cc1)N1c2ccccc2CC2CCCC21. The summed E-state index contributed by atoms with van der Waals surface area (Å²) in [5.74, 6) is -0.0545. The van der Waals surface area contributed by atoms with E-state index in [0.717, 1.165) is 36.9 Å². The summed E-state index contributed by atoms with van der Waals surface area (Å²) in [6.45, 7) is 0. The van der Waals surface area contributed by atoms with Crippen molar-refractivity contribution in [3.8, 4) is 5.75 Å². The zero-order chi connectivity index (χ0) is 18.3. The maximum absolute atomic E-state index is 13.2. The smallest absolute Gasteiger partial charge is 0.406 e. The van der Waals surface area contributed by atoms with Gasteiger partial charge in [0.15, 0.2) is 0 Å². The van der Waals surface area contributed by atoms with Crippen molar-refractivity contribution in [3.63, 3.8) is 0 Å². The van der Waals surface area contributed by atoms with E-state index in [-0.39, 0.29) is 17.7 Å². The minimum Gasteiger partial charge on any atom is -0.406 e. The maximum atomic E-state index is 13.2. The number of hydrogen-bond acceptors (Lipinski definition) is 2. The summed E-state index contributed by atoms with van der Waals surface area (Å²) in [5.41, 5.74) is 2.43. The van der Waals surface area contributed by atoms with Crippen molar-refractivity contribution in [2.24, 2.45) is 5.92 Å². The molecule has 4 rings (SSSR count). The van der Waals surface area contributed by atoms with Crippen molar-refractivity contribution in [1.29, 1.82) is 0 Å². The van der Waals surface area contributed by atoms with Crippen LogP contribution in [0.2, 0.25) is 0 Å². The molecule has 0 saturated heterocycles. The Morgan fingerprint density at radius 1 is 1.04 bits per heavy atom. The molecular weight excluding hydrogens is 343 g/mol. The van der Waals surface area contributed by atoms with E-state index < -0.39 is 6.36 Å². The first-order chi connectivity index (χ1) is 12.4. The van der Waals surface area contributed by atoms with Crippen molar-refractivity contribution in [2.75, 3.05) is 4.90 Å². The Morgan fingerprint density at radius 2 is 1.77 bits per heavy atom. The van der Waals surface area contributed by atoms with Crippen LogP contribution in [0, 0.1) is 5.92 Å². The van der Waals surface area contributed by atoms with Crippen molar-refractivity contribution in [2.45, 2.75) is 38.1 Å². The fourth-order valence-electron chi connectivity index (χ4n) is 4.17. The number of carbonyl (C=O) groups excluding carboxylic acids is 1. The molecule has 26 heavy (non-hydrogen) atoms. The third kappa shape index (κ3) is 3.16. The van der Waals surface area contributed by atoms with Crippen molar-refractivity contribution >= 4 is 11.6 Å². The number of carbonyl (C=O) groups is 1. The number of para-hydroxylation sites is 1. The molecule has 2 aromatic carbocycles. The van der Waals surface area contributed by atoms with Crippen LogP contribution in [-0.2, 0) is 6.42 Å². The van der Waals surface area contributed by atoms with Gasteiger partial charge in [0.25, 0.3) is 5.91 Å². The standard InChI is InChI=1S/C20H18F3NO2/c21-20(22,23)26-16-10-8-13(9-11-16)19(25)24-17-6-2-1-4-14(17)12-15-5-3-7-18(15)24/h1-2,4,6,8-11,15,18H,3,5,7,12H2. The lowest BCUT2D eigenvalue weighted by atomic mass is 9.87. The number of anilines is 1. The second-order valence-electron chi connectivity index (χ2n) is 6.84. The van der Waals surface area contributed by atoms with Gasteiger partial charge in [-0.15, -0.1) is 13.2 Å².